The number of hydrogen-bond acceptors (Lipinski definition) is 5. The molecule has 6 nitrogen and oxygen atoms in total. The van der Waals surface area contributed by atoms with Crippen molar-refractivity contribution in [1.29, 1.82) is 0 Å². The smallest absolute Gasteiger partial charge is 0.268 e. The number of nitrogens with two attached hydrogens (primary N) is 1. The van der Waals surface area contributed by atoms with Gasteiger partial charge in [-0.05, 0) is 17.4 Å². The highest BCUT2D eigenvalue weighted by atomic mass is 32.1. The standard InChI is InChI=1S/C13H18N4O2S/c1-7(2)10(14)13(19)17(3)6-9-15-8-4-5-20-11(8)12(18)16-9/h4-5,7,10H,6,14H2,1-3H3,(H,15,16,18)/t10-/m0/s1. The summed E-state index contributed by atoms with van der Waals surface area (Å²) in [6.07, 6.45) is 0. The van der Waals surface area contributed by atoms with Gasteiger partial charge in [-0.15, -0.1) is 11.3 Å². The highest BCUT2D eigenvalue weighted by molar-refractivity contribution is 7.17. The molecular formula is C13H18N4O2S. The minimum absolute atomic E-state index is 0.0660. The van der Waals surface area contributed by atoms with Crippen LogP contribution in [0.5, 0.6) is 0 Å². The molecule has 2 aromatic heterocycles. The number of thiophene rings is 1. The molecule has 0 aliphatic heterocycles. The fraction of sp³-hybridized carbons (Fsp3) is 0.462. The predicted molar refractivity (Wildman–Crippen MR) is 79.5 cm³/mol. The minimum atomic E-state index is -0.545. The first-order valence-corrected chi connectivity index (χ1v) is 7.25. The molecular weight excluding hydrogens is 276 g/mol. The van der Waals surface area contributed by atoms with Crippen molar-refractivity contribution in [2.24, 2.45) is 11.7 Å². The van der Waals surface area contributed by atoms with Gasteiger partial charge in [0.05, 0.1) is 18.1 Å². The van der Waals surface area contributed by atoms with Gasteiger partial charge in [0.2, 0.25) is 5.91 Å². The van der Waals surface area contributed by atoms with Gasteiger partial charge in [-0.25, -0.2) is 4.98 Å². The lowest BCUT2D eigenvalue weighted by atomic mass is 10.0. The van der Waals surface area contributed by atoms with Crippen molar-refractivity contribution in [2.75, 3.05) is 7.05 Å². The molecule has 7 heteroatoms. The van der Waals surface area contributed by atoms with Crippen LogP contribution >= 0.6 is 11.3 Å². The summed E-state index contributed by atoms with van der Waals surface area (Å²) in [7, 11) is 1.66. The molecule has 0 unspecified atom stereocenters. The highest BCUT2D eigenvalue weighted by Gasteiger charge is 2.21. The second-order valence-corrected chi connectivity index (χ2v) is 6.03. The molecule has 108 valence electrons. The number of carbonyl (C=O) groups excluding carboxylic acids is 1. The van der Waals surface area contributed by atoms with E-state index in [2.05, 4.69) is 9.97 Å². The molecule has 1 amide bonds. The molecule has 0 saturated carbocycles. The van der Waals surface area contributed by atoms with Gasteiger partial charge < -0.3 is 15.6 Å². The Morgan fingerprint density at radius 2 is 2.25 bits per heavy atom. The molecule has 1 atom stereocenters. The first-order chi connectivity index (χ1) is 9.40. The van der Waals surface area contributed by atoms with Gasteiger partial charge in [-0.2, -0.15) is 0 Å². The van der Waals surface area contributed by atoms with Crippen molar-refractivity contribution < 1.29 is 4.79 Å². The van der Waals surface area contributed by atoms with Crippen molar-refractivity contribution in [3.63, 3.8) is 0 Å². The van der Waals surface area contributed by atoms with Crippen molar-refractivity contribution in [3.05, 3.63) is 27.6 Å². The Bertz CT molecular complexity index is 676. The average Bonchev–Trinajstić information content (AvgIpc) is 2.85. The first kappa shape index (κ1) is 14.7. The van der Waals surface area contributed by atoms with E-state index in [1.54, 1.807) is 13.1 Å². The molecule has 0 spiro atoms. The van der Waals surface area contributed by atoms with Crippen LogP contribution in [0.3, 0.4) is 0 Å². The lowest BCUT2D eigenvalue weighted by molar-refractivity contribution is -0.132. The number of likely N-dealkylation sites (N-methyl/N-ethyl adjacent to an activating group) is 1. The van der Waals surface area contributed by atoms with E-state index in [-0.39, 0.29) is 23.9 Å². The van der Waals surface area contributed by atoms with Gasteiger partial charge in [-0.3, -0.25) is 9.59 Å². The summed E-state index contributed by atoms with van der Waals surface area (Å²) < 4.78 is 0.599. The Morgan fingerprint density at radius 1 is 1.55 bits per heavy atom. The van der Waals surface area contributed by atoms with Crippen molar-refractivity contribution in [1.82, 2.24) is 14.9 Å². The number of aromatic nitrogens is 2. The fourth-order valence-electron chi connectivity index (χ4n) is 1.84. The number of nitrogens with zero attached hydrogens (tertiary/aromatic N) is 2. The number of hydrogen-bond donors (Lipinski definition) is 2. The topological polar surface area (TPSA) is 92.1 Å². The maximum Gasteiger partial charge on any atom is 0.268 e. The lowest BCUT2D eigenvalue weighted by Crippen LogP contribution is -2.44. The monoisotopic (exact) mass is 294 g/mol. The van der Waals surface area contributed by atoms with E-state index in [4.69, 9.17) is 5.73 Å². The average molecular weight is 294 g/mol. The Morgan fingerprint density at radius 3 is 2.90 bits per heavy atom. The van der Waals surface area contributed by atoms with Gasteiger partial charge >= 0.3 is 0 Å². The molecule has 0 aromatic carbocycles. The Kier molecular flexibility index (Phi) is 4.20. The van der Waals surface area contributed by atoms with E-state index in [0.717, 1.165) is 0 Å². The zero-order valence-corrected chi connectivity index (χ0v) is 12.5. The SMILES string of the molecule is CC(C)[C@H](N)C(=O)N(C)Cc1nc2ccsc2c(=O)[nH]1. The van der Waals surface area contributed by atoms with Crippen molar-refractivity contribution in [2.45, 2.75) is 26.4 Å². The van der Waals surface area contributed by atoms with Crippen LogP contribution in [-0.2, 0) is 11.3 Å². The molecule has 20 heavy (non-hydrogen) atoms. The number of H-pyrrole nitrogens is 1. The quantitative estimate of drug-likeness (QED) is 0.877. The maximum atomic E-state index is 12.1. The second kappa shape index (κ2) is 5.72. The van der Waals surface area contributed by atoms with E-state index in [1.807, 2.05) is 19.2 Å². The normalized spacial score (nSPS) is 12.8. The third-order valence-corrected chi connectivity index (χ3v) is 4.03. The van der Waals surface area contributed by atoms with Crippen LogP contribution in [-0.4, -0.2) is 33.9 Å². The maximum absolute atomic E-state index is 12.1. The second-order valence-electron chi connectivity index (χ2n) is 5.11. The minimum Gasteiger partial charge on any atom is -0.337 e. The van der Waals surface area contributed by atoms with Gasteiger partial charge in [0, 0.05) is 7.05 Å². The fourth-order valence-corrected chi connectivity index (χ4v) is 2.56. The molecule has 0 radical (unpaired) electrons. The van der Waals surface area contributed by atoms with E-state index in [0.29, 0.717) is 16.0 Å². The summed E-state index contributed by atoms with van der Waals surface area (Å²) in [6, 6.07) is 1.25. The molecule has 0 aliphatic carbocycles. The van der Waals surface area contributed by atoms with Crippen LogP contribution < -0.4 is 11.3 Å². The van der Waals surface area contributed by atoms with E-state index in [1.165, 1.54) is 16.2 Å². The Labute approximate surface area is 120 Å². The summed E-state index contributed by atoms with van der Waals surface area (Å²) in [6.45, 7) is 4.03. The van der Waals surface area contributed by atoms with Crippen molar-refractivity contribution >= 4 is 27.5 Å². The van der Waals surface area contributed by atoms with Crippen LogP contribution in [0.25, 0.3) is 10.2 Å². The van der Waals surface area contributed by atoms with Crippen LogP contribution in [0.1, 0.15) is 19.7 Å². The summed E-state index contributed by atoms with van der Waals surface area (Å²) >= 11 is 1.35. The number of carbonyl (C=O) groups is 1. The van der Waals surface area contributed by atoms with Gasteiger partial charge in [-0.1, -0.05) is 13.8 Å². The summed E-state index contributed by atoms with van der Waals surface area (Å²) in [5, 5.41) is 1.82. The number of amides is 1. The van der Waals surface area contributed by atoms with Crippen LogP contribution in [0.2, 0.25) is 0 Å². The summed E-state index contributed by atoms with van der Waals surface area (Å²) in [4.78, 5) is 32.4. The lowest BCUT2D eigenvalue weighted by Gasteiger charge is -2.22. The molecule has 2 heterocycles. The van der Waals surface area contributed by atoms with Gasteiger partial charge in [0.25, 0.3) is 5.56 Å². The Hall–Kier alpha value is -1.73. The summed E-state index contributed by atoms with van der Waals surface area (Å²) in [5.41, 5.74) is 6.32. The third kappa shape index (κ3) is 2.88. The molecule has 0 saturated heterocycles. The predicted octanol–water partition coefficient (Wildman–Crippen LogP) is 0.926. The largest absolute Gasteiger partial charge is 0.337 e. The molecule has 3 N–H and O–H groups in total. The number of fused-ring (bicyclic) bond motifs is 1. The number of nitrogens with one attached hydrogen (secondary N) is 1. The van der Waals surface area contributed by atoms with E-state index < -0.39 is 6.04 Å². The molecule has 0 fully saturated rings. The van der Waals surface area contributed by atoms with E-state index in [9.17, 15) is 9.59 Å². The van der Waals surface area contributed by atoms with Crippen LogP contribution in [0, 0.1) is 5.92 Å². The first-order valence-electron chi connectivity index (χ1n) is 6.37. The molecule has 2 aromatic rings. The highest BCUT2D eigenvalue weighted by Crippen LogP contribution is 2.14. The summed E-state index contributed by atoms with van der Waals surface area (Å²) in [5.74, 6) is 0.372. The third-order valence-electron chi connectivity index (χ3n) is 3.13. The van der Waals surface area contributed by atoms with Crippen LogP contribution in [0.15, 0.2) is 16.2 Å². The number of rotatable bonds is 4. The Balaban J connectivity index is 2.19. The van der Waals surface area contributed by atoms with Crippen LogP contribution in [0.4, 0.5) is 0 Å². The van der Waals surface area contributed by atoms with Gasteiger partial charge in [0.1, 0.15) is 10.5 Å². The zero-order chi connectivity index (χ0) is 14.9. The van der Waals surface area contributed by atoms with E-state index >= 15 is 0 Å². The molecule has 0 bridgehead atoms. The molecule has 2 rings (SSSR count). The molecule has 0 aliphatic rings. The zero-order valence-electron chi connectivity index (χ0n) is 11.7. The number of aromatic amines is 1. The van der Waals surface area contributed by atoms with Crippen molar-refractivity contribution in [3.8, 4) is 0 Å². The van der Waals surface area contributed by atoms with Gasteiger partial charge in [0.15, 0.2) is 0 Å².